The molecular weight excluding hydrogens is 374 g/mol. The van der Waals surface area contributed by atoms with Gasteiger partial charge in [0.15, 0.2) is 0 Å². The predicted molar refractivity (Wildman–Crippen MR) is 118 cm³/mol. The number of aromatic nitrogens is 4. The number of anilines is 2. The van der Waals surface area contributed by atoms with E-state index in [0.717, 1.165) is 34.0 Å². The molecular formula is C24H19N5O. The van der Waals surface area contributed by atoms with Gasteiger partial charge in [-0.25, -0.2) is 9.38 Å². The smallest absolute Gasteiger partial charge is 0.256 e. The Bertz CT molecular complexity index is 1390. The lowest BCUT2D eigenvalue weighted by molar-refractivity contribution is 0.112. The van der Waals surface area contributed by atoms with Crippen LogP contribution in [0.1, 0.15) is 15.9 Å². The van der Waals surface area contributed by atoms with Gasteiger partial charge in [0.25, 0.3) is 5.78 Å². The second-order valence-electron chi connectivity index (χ2n) is 7.31. The Morgan fingerprint density at radius 1 is 0.933 bits per heavy atom. The van der Waals surface area contributed by atoms with E-state index in [-0.39, 0.29) is 0 Å². The molecule has 0 spiro atoms. The van der Waals surface area contributed by atoms with Gasteiger partial charge in [0, 0.05) is 29.9 Å². The number of aryl methyl sites for hydroxylation is 1. The molecule has 5 aromatic rings. The average Bonchev–Trinajstić information content (AvgIpc) is 3.23. The molecule has 5 rings (SSSR count). The standard InChI is InChI=1S/C24H19N5O/c1-16-6-9-18(10-7-16)19-4-3-5-21(13-19)28(2)24-27-26-23-25-14-20-11-8-17(15-30)12-22(20)29(23)24/h3-15H,1-2H3. The van der Waals surface area contributed by atoms with Crippen molar-refractivity contribution in [1.29, 1.82) is 0 Å². The van der Waals surface area contributed by atoms with Crippen molar-refractivity contribution >= 4 is 34.6 Å². The highest BCUT2D eigenvalue weighted by Crippen LogP contribution is 2.29. The van der Waals surface area contributed by atoms with Gasteiger partial charge in [-0.3, -0.25) is 4.79 Å². The van der Waals surface area contributed by atoms with E-state index in [0.29, 0.717) is 17.3 Å². The van der Waals surface area contributed by atoms with Crippen LogP contribution in [-0.2, 0) is 0 Å². The highest BCUT2D eigenvalue weighted by atomic mass is 16.1. The molecule has 0 amide bonds. The SMILES string of the molecule is Cc1ccc(-c2cccc(N(C)c3nnc4ncc5ccc(C=O)cc5n34)c2)cc1. The summed E-state index contributed by atoms with van der Waals surface area (Å²) < 4.78 is 1.88. The van der Waals surface area contributed by atoms with Crippen molar-refractivity contribution in [2.24, 2.45) is 0 Å². The van der Waals surface area contributed by atoms with E-state index in [9.17, 15) is 4.79 Å². The maximum Gasteiger partial charge on any atom is 0.256 e. The lowest BCUT2D eigenvalue weighted by atomic mass is 10.0. The zero-order valence-corrected chi connectivity index (χ0v) is 16.6. The van der Waals surface area contributed by atoms with Crippen LogP contribution in [0.25, 0.3) is 27.8 Å². The first-order chi connectivity index (χ1) is 14.6. The van der Waals surface area contributed by atoms with Crippen molar-refractivity contribution in [1.82, 2.24) is 19.6 Å². The molecule has 30 heavy (non-hydrogen) atoms. The number of aldehydes is 1. The monoisotopic (exact) mass is 393 g/mol. The van der Waals surface area contributed by atoms with Crippen LogP contribution in [0.3, 0.4) is 0 Å². The maximum absolute atomic E-state index is 11.3. The number of rotatable bonds is 4. The summed E-state index contributed by atoms with van der Waals surface area (Å²) >= 11 is 0. The molecule has 0 unspecified atom stereocenters. The summed E-state index contributed by atoms with van der Waals surface area (Å²) in [5.41, 5.74) is 5.93. The van der Waals surface area contributed by atoms with Gasteiger partial charge in [-0.2, -0.15) is 0 Å². The third-order valence-corrected chi connectivity index (χ3v) is 5.30. The lowest BCUT2D eigenvalue weighted by Gasteiger charge is -2.18. The molecule has 0 saturated heterocycles. The number of carbonyl (C=O) groups is 1. The molecule has 0 bridgehead atoms. The molecule has 6 nitrogen and oxygen atoms in total. The van der Waals surface area contributed by atoms with Gasteiger partial charge in [-0.1, -0.05) is 54.1 Å². The van der Waals surface area contributed by atoms with E-state index in [2.05, 4.69) is 58.5 Å². The molecule has 0 fully saturated rings. The quantitative estimate of drug-likeness (QED) is 0.409. The summed E-state index contributed by atoms with van der Waals surface area (Å²) in [6, 6.07) is 22.3. The van der Waals surface area contributed by atoms with Crippen LogP contribution in [0.2, 0.25) is 0 Å². The molecule has 0 radical (unpaired) electrons. The van der Waals surface area contributed by atoms with Crippen molar-refractivity contribution < 1.29 is 4.79 Å². The van der Waals surface area contributed by atoms with Crippen LogP contribution in [0.4, 0.5) is 11.6 Å². The zero-order valence-electron chi connectivity index (χ0n) is 16.6. The summed E-state index contributed by atoms with van der Waals surface area (Å²) in [5, 5.41) is 9.53. The molecule has 0 aliphatic rings. The second-order valence-corrected chi connectivity index (χ2v) is 7.31. The maximum atomic E-state index is 11.3. The van der Waals surface area contributed by atoms with E-state index >= 15 is 0 Å². The number of benzene rings is 3. The highest BCUT2D eigenvalue weighted by Gasteiger charge is 2.16. The van der Waals surface area contributed by atoms with Gasteiger partial charge in [0.05, 0.1) is 5.52 Å². The van der Waals surface area contributed by atoms with Gasteiger partial charge in [0.2, 0.25) is 5.95 Å². The third-order valence-electron chi connectivity index (χ3n) is 5.30. The minimum atomic E-state index is 0.488. The molecule has 6 heteroatoms. The normalized spacial score (nSPS) is 11.1. The van der Waals surface area contributed by atoms with Gasteiger partial charge < -0.3 is 4.90 Å². The van der Waals surface area contributed by atoms with Crippen LogP contribution in [0, 0.1) is 6.92 Å². The topological polar surface area (TPSA) is 63.4 Å². The molecule has 0 saturated carbocycles. The Morgan fingerprint density at radius 2 is 1.77 bits per heavy atom. The minimum absolute atomic E-state index is 0.488. The fraction of sp³-hybridized carbons (Fsp3) is 0.0833. The fourth-order valence-electron chi connectivity index (χ4n) is 3.60. The van der Waals surface area contributed by atoms with E-state index in [4.69, 9.17) is 0 Å². The Labute approximate surface area is 173 Å². The van der Waals surface area contributed by atoms with Crippen molar-refractivity contribution in [2.45, 2.75) is 6.92 Å². The highest BCUT2D eigenvalue weighted by molar-refractivity contribution is 5.88. The summed E-state index contributed by atoms with van der Waals surface area (Å²) in [4.78, 5) is 17.7. The largest absolute Gasteiger partial charge is 0.313 e. The molecule has 2 heterocycles. The van der Waals surface area contributed by atoms with E-state index in [1.54, 1.807) is 12.3 Å². The summed E-state index contributed by atoms with van der Waals surface area (Å²) in [6.45, 7) is 2.08. The van der Waals surface area contributed by atoms with Crippen LogP contribution in [0.15, 0.2) is 72.9 Å². The first-order valence-corrected chi connectivity index (χ1v) is 9.64. The Balaban J connectivity index is 1.64. The molecule has 2 aromatic heterocycles. The molecule has 0 aliphatic heterocycles. The summed E-state index contributed by atoms with van der Waals surface area (Å²) in [5.74, 6) is 1.12. The molecule has 0 N–H and O–H groups in total. The van der Waals surface area contributed by atoms with Crippen LogP contribution >= 0.6 is 0 Å². The van der Waals surface area contributed by atoms with Crippen molar-refractivity contribution in [3.05, 3.63) is 84.1 Å². The Hall–Kier alpha value is -4.06. The van der Waals surface area contributed by atoms with Crippen molar-refractivity contribution in [3.63, 3.8) is 0 Å². The van der Waals surface area contributed by atoms with Crippen LogP contribution in [-0.4, -0.2) is 32.9 Å². The average molecular weight is 393 g/mol. The number of carbonyl (C=O) groups excluding carboxylic acids is 1. The molecule has 0 atom stereocenters. The summed E-state index contributed by atoms with van der Waals surface area (Å²) in [7, 11) is 1.95. The predicted octanol–water partition coefficient (Wildman–Crippen LogP) is 4.83. The number of nitrogens with zero attached hydrogens (tertiary/aromatic N) is 5. The van der Waals surface area contributed by atoms with Crippen molar-refractivity contribution in [2.75, 3.05) is 11.9 Å². The Kier molecular flexibility index (Phi) is 4.25. The molecule has 3 aromatic carbocycles. The first kappa shape index (κ1) is 18.0. The van der Waals surface area contributed by atoms with Gasteiger partial charge in [-0.05, 0) is 36.2 Å². The van der Waals surface area contributed by atoms with Gasteiger partial charge >= 0.3 is 0 Å². The number of fused-ring (bicyclic) bond motifs is 3. The van der Waals surface area contributed by atoms with Crippen LogP contribution in [0.5, 0.6) is 0 Å². The first-order valence-electron chi connectivity index (χ1n) is 9.64. The Morgan fingerprint density at radius 3 is 2.57 bits per heavy atom. The fourth-order valence-corrected chi connectivity index (χ4v) is 3.60. The lowest BCUT2D eigenvalue weighted by Crippen LogP contribution is -2.13. The van der Waals surface area contributed by atoms with Crippen molar-refractivity contribution in [3.8, 4) is 11.1 Å². The second kappa shape index (κ2) is 7.08. The number of hydrogen-bond donors (Lipinski definition) is 0. The van der Waals surface area contributed by atoms with E-state index in [1.807, 2.05) is 40.6 Å². The summed E-state index contributed by atoms with van der Waals surface area (Å²) in [6.07, 6.45) is 2.58. The van der Waals surface area contributed by atoms with Gasteiger partial charge in [0.1, 0.15) is 6.29 Å². The molecule has 0 aliphatic carbocycles. The van der Waals surface area contributed by atoms with Gasteiger partial charge in [-0.15, -0.1) is 10.2 Å². The van der Waals surface area contributed by atoms with Crippen LogP contribution < -0.4 is 4.90 Å². The minimum Gasteiger partial charge on any atom is -0.313 e. The zero-order chi connectivity index (χ0) is 20.7. The van der Waals surface area contributed by atoms with E-state index in [1.165, 1.54) is 5.56 Å². The molecule has 146 valence electrons. The third kappa shape index (κ3) is 2.99. The number of hydrogen-bond acceptors (Lipinski definition) is 5. The van der Waals surface area contributed by atoms with E-state index < -0.39 is 0 Å².